The lowest BCUT2D eigenvalue weighted by Crippen LogP contribution is -2.35. The van der Waals surface area contributed by atoms with Crippen molar-refractivity contribution in [2.75, 3.05) is 10.6 Å². The number of benzene rings is 3. The van der Waals surface area contributed by atoms with E-state index >= 15 is 0 Å². The average Bonchev–Trinajstić information content (AvgIpc) is 2.87. The van der Waals surface area contributed by atoms with Crippen LogP contribution in [0.2, 0.25) is 0 Å². The molecule has 3 aromatic carbocycles. The Morgan fingerprint density at radius 1 is 0.914 bits per heavy atom. The van der Waals surface area contributed by atoms with Gasteiger partial charge >= 0.3 is 0 Å². The molecule has 0 aliphatic heterocycles. The quantitative estimate of drug-likeness (QED) is 0.423. The van der Waals surface area contributed by atoms with Gasteiger partial charge in [-0.3, -0.25) is 14.4 Å². The van der Waals surface area contributed by atoms with Crippen molar-refractivity contribution in [2.24, 2.45) is 0 Å². The maximum atomic E-state index is 13.3. The molecule has 0 saturated carbocycles. The molecule has 1 heterocycles. The van der Waals surface area contributed by atoms with Crippen molar-refractivity contribution in [1.82, 2.24) is 9.78 Å². The lowest BCUT2D eigenvalue weighted by molar-refractivity contribution is -0.119. The van der Waals surface area contributed by atoms with Crippen molar-refractivity contribution in [2.45, 2.75) is 19.9 Å². The molecule has 2 amide bonds. The Balaban J connectivity index is 1.72. The first-order valence-electron chi connectivity index (χ1n) is 11.0. The monoisotopic (exact) mass is 470 g/mol. The van der Waals surface area contributed by atoms with E-state index in [-0.39, 0.29) is 5.69 Å². The lowest BCUT2D eigenvalue weighted by atomic mass is 10.1. The molecule has 1 atom stereocenters. The molecule has 1 aromatic heterocycles. The molecule has 0 bridgehead atoms. The highest BCUT2D eigenvalue weighted by Crippen LogP contribution is 2.21. The van der Waals surface area contributed by atoms with Crippen molar-refractivity contribution in [1.29, 1.82) is 0 Å². The number of rotatable bonds is 6. The second-order valence-electron chi connectivity index (χ2n) is 8.05. The largest absolute Gasteiger partial charge is 0.324 e. The Hall–Kier alpha value is -4.59. The second-order valence-corrected chi connectivity index (χ2v) is 8.05. The number of amides is 2. The SMILES string of the molecule is Cc1ccc(-c2cc(NC(=O)c3ccccc3)c(=O)n([C@@H](C)C(=O)Nc3ccc(F)cc3)n2)cc1. The zero-order chi connectivity index (χ0) is 24.9. The van der Waals surface area contributed by atoms with E-state index in [0.717, 1.165) is 10.2 Å². The van der Waals surface area contributed by atoms with Gasteiger partial charge < -0.3 is 10.6 Å². The molecule has 4 rings (SSSR count). The predicted octanol–water partition coefficient (Wildman–Crippen LogP) is 4.81. The van der Waals surface area contributed by atoms with E-state index in [4.69, 9.17) is 0 Å². The maximum Gasteiger partial charge on any atom is 0.291 e. The minimum atomic E-state index is -1.02. The van der Waals surface area contributed by atoms with Gasteiger partial charge in [0.25, 0.3) is 11.5 Å². The minimum Gasteiger partial charge on any atom is -0.324 e. The third-order valence-electron chi connectivity index (χ3n) is 5.42. The van der Waals surface area contributed by atoms with Crippen LogP contribution in [0.25, 0.3) is 11.3 Å². The van der Waals surface area contributed by atoms with Crippen molar-refractivity contribution >= 4 is 23.2 Å². The van der Waals surface area contributed by atoms with Gasteiger partial charge in [-0.25, -0.2) is 9.07 Å². The van der Waals surface area contributed by atoms with Gasteiger partial charge in [-0.15, -0.1) is 0 Å². The fourth-order valence-electron chi connectivity index (χ4n) is 3.40. The van der Waals surface area contributed by atoms with Gasteiger partial charge in [0.05, 0.1) is 5.69 Å². The van der Waals surface area contributed by atoms with Crippen LogP contribution in [0.3, 0.4) is 0 Å². The lowest BCUT2D eigenvalue weighted by Gasteiger charge is -2.17. The molecule has 0 saturated heterocycles. The summed E-state index contributed by atoms with van der Waals surface area (Å²) in [6.07, 6.45) is 0. The van der Waals surface area contributed by atoms with E-state index in [1.165, 1.54) is 37.3 Å². The summed E-state index contributed by atoms with van der Waals surface area (Å²) < 4.78 is 14.2. The zero-order valence-electron chi connectivity index (χ0n) is 19.2. The molecular formula is C27H23FN4O3. The molecule has 0 fully saturated rings. The number of aromatic nitrogens is 2. The third-order valence-corrected chi connectivity index (χ3v) is 5.42. The number of hydrogen-bond donors (Lipinski definition) is 2. The topological polar surface area (TPSA) is 93.1 Å². The van der Waals surface area contributed by atoms with Gasteiger partial charge in [0.1, 0.15) is 17.5 Å². The Bertz CT molecular complexity index is 1420. The van der Waals surface area contributed by atoms with Gasteiger partial charge in [-0.05, 0) is 56.3 Å². The van der Waals surface area contributed by atoms with E-state index in [0.29, 0.717) is 22.5 Å². The van der Waals surface area contributed by atoms with Crippen molar-refractivity contribution in [3.63, 3.8) is 0 Å². The first-order valence-corrected chi connectivity index (χ1v) is 11.0. The summed E-state index contributed by atoms with van der Waals surface area (Å²) in [6.45, 7) is 3.47. The van der Waals surface area contributed by atoms with E-state index in [1.807, 2.05) is 31.2 Å². The molecule has 35 heavy (non-hydrogen) atoms. The first kappa shape index (κ1) is 23.6. The molecule has 0 spiro atoms. The average molecular weight is 471 g/mol. The van der Waals surface area contributed by atoms with Crippen LogP contribution in [0.4, 0.5) is 15.8 Å². The maximum absolute atomic E-state index is 13.3. The summed E-state index contributed by atoms with van der Waals surface area (Å²) in [7, 11) is 0. The zero-order valence-corrected chi connectivity index (χ0v) is 19.2. The van der Waals surface area contributed by atoms with Crippen LogP contribution in [0.5, 0.6) is 0 Å². The van der Waals surface area contributed by atoms with Crippen LogP contribution >= 0.6 is 0 Å². The number of halogens is 1. The number of nitrogens with zero attached hydrogens (tertiary/aromatic N) is 2. The number of hydrogen-bond acceptors (Lipinski definition) is 4. The van der Waals surface area contributed by atoms with Crippen LogP contribution in [0.15, 0.2) is 89.7 Å². The molecule has 0 unspecified atom stereocenters. The smallest absolute Gasteiger partial charge is 0.291 e. The summed E-state index contributed by atoms with van der Waals surface area (Å²) >= 11 is 0. The van der Waals surface area contributed by atoms with Crippen LogP contribution in [-0.4, -0.2) is 21.6 Å². The van der Waals surface area contributed by atoms with Crippen LogP contribution in [-0.2, 0) is 4.79 Å². The van der Waals surface area contributed by atoms with E-state index in [1.54, 1.807) is 30.3 Å². The molecule has 0 aliphatic rings. The van der Waals surface area contributed by atoms with Crippen LogP contribution < -0.4 is 16.2 Å². The molecule has 4 aromatic rings. The highest BCUT2D eigenvalue weighted by atomic mass is 19.1. The summed E-state index contributed by atoms with van der Waals surface area (Å²) in [5.74, 6) is -1.41. The highest BCUT2D eigenvalue weighted by molar-refractivity contribution is 6.04. The molecule has 176 valence electrons. The fraction of sp³-hybridized carbons (Fsp3) is 0.111. The molecule has 0 aliphatic carbocycles. The summed E-state index contributed by atoms with van der Waals surface area (Å²) in [5.41, 5.74) is 2.29. The highest BCUT2D eigenvalue weighted by Gasteiger charge is 2.22. The number of carbonyl (C=O) groups is 2. The molecule has 2 N–H and O–H groups in total. The van der Waals surface area contributed by atoms with Gasteiger partial charge in [0.15, 0.2) is 0 Å². The Kier molecular flexibility index (Phi) is 6.82. The number of aryl methyl sites for hydroxylation is 1. The van der Waals surface area contributed by atoms with Crippen LogP contribution in [0.1, 0.15) is 28.9 Å². The number of nitrogens with one attached hydrogen (secondary N) is 2. The predicted molar refractivity (Wildman–Crippen MR) is 133 cm³/mol. The standard InChI is InChI=1S/C27H23FN4O3/c1-17-8-10-19(11-9-17)23-16-24(30-26(34)20-6-4-3-5-7-20)27(35)32(31-23)18(2)25(33)29-22-14-12-21(28)13-15-22/h3-16,18H,1-2H3,(H,29,33)(H,30,34)/t18-/m0/s1. The Labute approximate surface area is 201 Å². The van der Waals surface area contributed by atoms with E-state index in [2.05, 4.69) is 15.7 Å². The van der Waals surface area contributed by atoms with E-state index in [9.17, 15) is 18.8 Å². The van der Waals surface area contributed by atoms with Crippen molar-refractivity contribution in [3.8, 4) is 11.3 Å². The van der Waals surface area contributed by atoms with Crippen LogP contribution in [0, 0.1) is 12.7 Å². The van der Waals surface area contributed by atoms with Gasteiger partial charge in [0, 0.05) is 16.8 Å². The van der Waals surface area contributed by atoms with E-state index < -0.39 is 29.2 Å². The third kappa shape index (κ3) is 5.50. The molecule has 7 nitrogen and oxygen atoms in total. The molecular weight excluding hydrogens is 447 g/mol. The fourth-order valence-corrected chi connectivity index (χ4v) is 3.40. The summed E-state index contributed by atoms with van der Waals surface area (Å²) in [5, 5.41) is 9.73. The normalized spacial score (nSPS) is 11.5. The summed E-state index contributed by atoms with van der Waals surface area (Å²) in [6, 6.07) is 21.7. The number of anilines is 2. The van der Waals surface area contributed by atoms with Gasteiger partial charge in [-0.1, -0.05) is 48.0 Å². The summed E-state index contributed by atoms with van der Waals surface area (Å²) in [4.78, 5) is 38.9. The first-order chi connectivity index (χ1) is 16.8. The second kappa shape index (κ2) is 10.1. The van der Waals surface area contributed by atoms with Crippen molar-refractivity contribution < 1.29 is 14.0 Å². The Morgan fingerprint density at radius 3 is 2.23 bits per heavy atom. The van der Waals surface area contributed by atoms with Gasteiger partial charge in [-0.2, -0.15) is 5.10 Å². The molecule has 8 heteroatoms. The van der Waals surface area contributed by atoms with Gasteiger partial charge in [0.2, 0.25) is 5.91 Å². The minimum absolute atomic E-state index is 0.00846. The number of carbonyl (C=O) groups excluding carboxylic acids is 2. The Morgan fingerprint density at radius 2 is 1.57 bits per heavy atom. The molecule has 0 radical (unpaired) electrons. The van der Waals surface area contributed by atoms with Crippen molar-refractivity contribution in [3.05, 3.63) is 112 Å².